The Balaban J connectivity index is 2.72. The number of ketones is 1. The van der Waals surface area contributed by atoms with Crippen LogP contribution in [0.3, 0.4) is 0 Å². The fraction of sp³-hybridized carbons (Fsp3) is 0.700. The van der Waals surface area contributed by atoms with Crippen LogP contribution in [-0.2, 0) is 4.79 Å². The summed E-state index contributed by atoms with van der Waals surface area (Å²) in [5.74, 6) is 0.551. The fourth-order valence-corrected chi connectivity index (χ4v) is 1.59. The Labute approximate surface area is 78.8 Å². The van der Waals surface area contributed by atoms with Crippen LogP contribution in [0.5, 0.6) is 0 Å². The third kappa shape index (κ3) is 2.10. The average molecular weight is 187 g/mol. The molecule has 1 aliphatic rings. The van der Waals surface area contributed by atoms with Crippen molar-refractivity contribution in [3.8, 4) is 0 Å². The van der Waals surface area contributed by atoms with Crippen LogP contribution in [0.2, 0.25) is 0 Å². The van der Waals surface area contributed by atoms with Crippen molar-refractivity contribution in [2.75, 3.05) is 0 Å². The molecule has 0 aromatic rings. The molecule has 0 aromatic carbocycles. The second-order valence-electron chi connectivity index (χ2n) is 4.01. The summed E-state index contributed by atoms with van der Waals surface area (Å²) in [7, 11) is 0. The van der Waals surface area contributed by atoms with Gasteiger partial charge < -0.3 is 0 Å². The second-order valence-corrected chi connectivity index (χ2v) is 4.99. The van der Waals surface area contributed by atoms with E-state index < -0.39 is 0 Å². The Morgan fingerprint density at radius 2 is 2.17 bits per heavy atom. The first-order valence-corrected chi connectivity index (χ1v) is 4.68. The van der Waals surface area contributed by atoms with Crippen molar-refractivity contribution in [2.24, 2.45) is 5.92 Å². The molecule has 1 unspecified atom stereocenters. The third-order valence-corrected chi connectivity index (χ3v) is 2.86. The van der Waals surface area contributed by atoms with Gasteiger partial charge in [-0.15, -0.1) is 11.6 Å². The Morgan fingerprint density at radius 1 is 1.58 bits per heavy atom. The normalized spacial score (nSPS) is 25.5. The van der Waals surface area contributed by atoms with E-state index in [1.807, 2.05) is 26.8 Å². The van der Waals surface area contributed by atoms with E-state index >= 15 is 0 Å². The Hall–Kier alpha value is -0.300. The lowest BCUT2D eigenvalue weighted by Gasteiger charge is -2.29. The van der Waals surface area contributed by atoms with Gasteiger partial charge >= 0.3 is 0 Å². The zero-order valence-electron chi connectivity index (χ0n) is 7.86. The van der Waals surface area contributed by atoms with Crippen LogP contribution in [0.4, 0.5) is 0 Å². The predicted octanol–water partition coefficient (Wildman–Crippen LogP) is 2.93. The Bertz CT molecular complexity index is 222. The first-order valence-electron chi connectivity index (χ1n) is 4.30. The van der Waals surface area contributed by atoms with Gasteiger partial charge in [-0.25, -0.2) is 0 Å². The zero-order chi connectivity index (χ0) is 9.35. The van der Waals surface area contributed by atoms with Crippen LogP contribution in [0.15, 0.2) is 11.6 Å². The molecule has 68 valence electrons. The van der Waals surface area contributed by atoms with Crippen LogP contribution >= 0.6 is 11.6 Å². The van der Waals surface area contributed by atoms with Crippen LogP contribution in [0.1, 0.15) is 33.6 Å². The molecule has 1 atom stereocenters. The first kappa shape index (κ1) is 9.79. The number of alkyl halides is 1. The average Bonchev–Trinajstić information content (AvgIpc) is 1.92. The molecule has 12 heavy (non-hydrogen) atoms. The number of hydrogen-bond acceptors (Lipinski definition) is 1. The van der Waals surface area contributed by atoms with Crippen molar-refractivity contribution in [3.05, 3.63) is 11.6 Å². The molecule has 0 N–H and O–H groups in total. The molecule has 0 saturated carbocycles. The monoisotopic (exact) mass is 186 g/mol. The number of carbonyl (C=O) groups is 1. The maximum atomic E-state index is 11.3. The summed E-state index contributed by atoms with van der Waals surface area (Å²) in [6.45, 7) is 5.82. The molecule has 2 heteroatoms. The van der Waals surface area contributed by atoms with E-state index in [0.717, 1.165) is 12.0 Å². The number of Topliss-reactive ketones (excluding diaryl/α,β-unsaturated/α-hetero) is 1. The van der Waals surface area contributed by atoms with E-state index in [-0.39, 0.29) is 10.7 Å². The van der Waals surface area contributed by atoms with Gasteiger partial charge in [0, 0.05) is 11.3 Å². The quantitative estimate of drug-likeness (QED) is 0.576. The molecule has 0 spiro atoms. The highest BCUT2D eigenvalue weighted by atomic mass is 35.5. The van der Waals surface area contributed by atoms with E-state index in [2.05, 4.69) is 0 Å². The standard InChI is InChI=1S/C10H15ClO/c1-7-4-5-8(6-9(7)12)10(2,3)11/h4,8H,5-6H2,1-3H3. The van der Waals surface area contributed by atoms with Gasteiger partial charge in [0.2, 0.25) is 0 Å². The molecular weight excluding hydrogens is 172 g/mol. The van der Waals surface area contributed by atoms with E-state index in [1.54, 1.807) is 0 Å². The molecule has 1 aliphatic carbocycles. The van der Waals surface area contributed by atoms with Crippen molar-refractivity contribution in [1.29, 1.82) is 0 Å². The van der Waals surface area contributed by atoms with Gasteiger partial charge in [-0.05, 0) is 38.7 Å². The lowest BCUT2D eigenvalue weighted by Crippen LogP contribution is -2.29. The summed E-state index contributed by atoms with van der Waals surface area (Å²) in [4.78, 5) is 11.1. The van der Waals surface area contributed by atoms with Crippen LogP contribution in [0, 0.1) is 5.92 Å². The SMILES string of the molecule is CC1=CCC(C(C)(C)Cl)CC1=O. The lowest BCUT2D eigenvalue weighted by atomic mass is 9.81. The predicted molar refractivity (Wildman–Crippen MR) is 51.4 cm³/mol. The largest absolute Gasteiger partial charge is 0.295 e. The number of hydrogen-bond donors (Lipinski definition) is 0. The van der Waals surface area contributed by atoms with Crippen LogP contribution in [-0.4, -0.2) is 10.7 Å². The van der Waals surface area contributed by atoms with Crippen LogP contribution < -0.4 is 0 Å². The van der Waals surface area contributed by atoms with Gasteiger partial charge in [0.15, 0.2) is 5.78 Å². The minimum absolute atomic E-state index is 0.250. The van der Waals surface area contributed by atoms with E-state index in [9.17, 15) is 4.79 Å². The second kappa shape index (κ2) is 3.21. The van der Waals surface area contributed by atoms with Gasteiger partial charge in [0.1, 0.15) is 0 Å². The van der Waals surface area contributed by atoms with Crippen molar-refractivity contribution in [1.82, 2.24) is 0 Å². The number of halogens is 1. The molecule has 1 nitrogen and oxygen atoms in total. The summed E-state index contributed by atoms with van der Waals surface area (Å²) in [5, 5.41) is 0. The van der Waals surface area contributed by atoms with Crippen molar-refractivity contribution in [2.45, 2.75) is 38.5 Å². The highest BCUT2D eigenvalue weighted by molar-refractivity contribution is 6.23. The van der Waals surface area contributed by atoms with E-state index in [4.69, 9.17) is 11.6 Å². The zero-order valence-corrected chi connectivity index (χ0v) is 8.61. The molecule has 0 amide bonds. The summed E-state index contributed by atoms with van der Waals surface area (Å²) >= 11 is 6.14. The number of allylic oxidation sites excluding steroid dienone is 2. The summed E-state index contributed by atoms with van der Waals surface area (Å²) < 4.78 is 0. The highest BCUT2D eigenvalue weighted by Crippen LogP contribution is 2.34. The van der Waals surface area contributed by atoms with Gasteiger partial charge in [0.05, 0.1) is 0 Å². The molecule has 0 bridgehead atoms. The molecule has 0 aliphatic heterocycles. The van der Waals surface area contributed by atoms with Gasteiger partial charge in [-0.1, -0.05) is 6.08 Å². The highest BCUT2D eigenvalue weighted by Gasteiger charge is 2.30. The fourth-order valence-electron chi connectivity index (χ4n) is 1.42. The maximum Gasteiger partial charge on any atom is 0.158 e. The number of carbonyl (C=O) groups excluding carboxylic acids is 1. The Morgan fingerprint density at radius 3 is 2.58 bits per heavy atom. The van der Waals surface area contributed by atoms with Gasteiger partial charge in [-0.2, -0.15) is 0 Å². The molecule has 0 saturated heterocycles. The van der Waals surface area contributed by atoms with E-state index in [1.165, 1.54) is 0 Å². The molecule has 0 fully saturated rings. The van der Waals surface area contributed by atoms with E-state index in [0.29, 0.717) is 12.3 Å². The first-order chi connectivity index (χ1) is 5.41. The molecule has 0 heterocycles. The maximum absolute atomic E-state index is 11.3. The summed E-state index contributed by atoms with van der Waals surface area (Å²) in [5.41, 5.74) is 0.896. The van der Waals surface area contributed by atoms with Crippen molar-refractivity contribution in [3.63, 3.8) is 0 Å². The third-order valence-electron chi connectivity index (χ3n) is 2.55. The van der Waals surface area contributed by atoms with Gasteiger partial charge in [0.25, 0.3) is 0 Å². The van der Waals surface area contributed by atoms with Gasteiger partial charge in [-0.3, -0.25) is 4.79 Å². The van der Waals surface area contributed by atoms with Crippen molar-refractivity contribution >= 4 is 17.4 Å². The lowest BCUT2D eigenvalue weighted by molar-refractivity contribution is -0.117. The van der Waals surface area contributed by atoms with Crippen molar-refractivity contribution < 1.29 is 4.79 Å². The topological polar surface area (TPSA) is 17.1 Å². The summed E-state index contributed by atoms with van der Waals surface area (Å²) in [6.07, 6.45) is 3.55. The molecule has 0 aromatic heterocycles. The molecular formula is C10H15ClO. The molecule has 0 radical (unpaired) electrons. The summed E-state index contributed by atoms with van der Waals surface area (Å²) in [6, 6.07) is 0. The minimum atomic E-state index is -0.257. The number of rotatable bonds is 1. The minimum Gasteiger partial charge on any atom is -0.295 e. The Kier molecular flexibility index (Phi) is 2.62. The van der Waals surface area contributed by atoms with Crippen LogP contribution in [0.25, 0.3) is 0 Å². The molecule has 1 rings (SSSR count). The smallest absolute Gasteiger partial charge is 0.158 e.